The molecule has 21 heavy (non-hydrogen) atoms. The molecule has 114 valence electrons. The molecule has 1 rings (SSSR count). The molecule has 1 aromatic carbocycles. The van der Waals surface area contributed by atoms with Crippen molar-refractivity contribution in [3.05, 3.63) is 32.3 Å². The molecule has 0 N–H and O–H groups in total. The van der Waals surface area contributed by atoms with Crippen molar-refractivity contribution in [1.82, 2.24) is 4.31 Å². The van der Waals surface area contributed by atoms with E-state index in [0.29, 0.717) is 6.42 Å². The van der Waals surface area contributed by atoms with Crippen LogP contribution in [0.25, 0.3) is 0 Å². The topological polar surface area (TPSA) is 104 Å². The highest BCUT2D eigenvalue weighted by Crippen LogP contribution is 2.38. The van der Waals surface area contributed by atoms with E-state index in [1.807, 2.05) is 0 Å². The van der Waals surface area contributed by atoms with E-state index in [-0.39, 0.29) is 18.1 Å². The number of nitrogens with zero attached hydrogens (tertiary/aromatic N) is 3. The van der Waals surface area contributed by atoms with Gasteiger partial charge in [-0.15, -0.1) is 0 Å². The van der Waals surface area contributed by atoms with E-state index < -0.39 is 30.6 Å². The number of rotatable bonds is 6. The number of sulfonamides is 1. The minimum Gasteiger partial charge on any atom is -0.258 e. The molecule has 0 aliphatic carbocycles. The van der Waals surface area contributed by atoms with Crippen LogP contribution in [0.15, 0.2) is 17.0 Å². The number of nitro benzene ring substituents is 1. The maximum absolute atomic E-state index is 12.4. The Bertz CT molecular complexity index is 700. The third kappa shape index (κ3) is 3.63. The Kier molecular flexibility index (Phi) is 5.92. The highest BCUT2D eigenvalue weighted by molar-refractivity contribution is 7.89. The van der Waals surface area contributed by atoms with E-state index in [2.05, 4.69) is 0 Å². The van der Waals surface area contributed by atoms with E-state index in [1.54, 1.807) is 13.0 Å². The molecule has 7 nitrogen and oxygen atoms in total. The van der Waals surface area contributed by atoms with Gasteiger partial charge in [0.1, 0.15) is 21.5 Å². The number of hydrogen-bond donors (Lipinski definition) is 0. The minimum atomic E-state index is -4.11. The van der Waals surface area contributed by atoms with Gasteiger partial charge in [0, 0.05) is 6.54 Å². The highest BCUT2D eigenvalue weighted by Gasteiger charge is 2.31. The van der Waals surface area contributed by atoms with Crippen molar-refractivity contribution in [2.45, 2.75) is 18.2 Å². The molecule has 0 spiro atoms. The molecule has 0 bridgehead atoms. The predicted octanol–water partition coefficient (Wildman–Crippen LogP) is 2.83. The first kappa shape index (κ1) is 17.7. The van der Waals surface area contributed by atoms with Crippen molar-refractivity contribution in [2.75, 3.05) is 13.1 Å². The van der Waals surface area contributed by atoms with Gasteiger partial charge in [0.25, 0.3) is 0 Å². The second-order valence-corrected chi connectivity index (χ2v) is 6.65. The monoisotopic (exact) mass is 351 g/mol. The summed E-state index contributed by atoms with van der Waals surface area (Å²) in [5, 5.41) is 18.8. The van der Waals surface area contributed by atoms with Gasteiger partial charge in [0.05, 0.1) is 11.0 Å². The van der Waals surface area contributed by atoms with Gasteiger partial charge < -0.3 is 0 Å². The molecule has 0 aromatic heterocycles. The van der Waals surface area contributed by atoms with Gasteiger partial charge in [-0.05, 0) is 18.6 Å². The molecule has 0 unspecified atom stereocenters. The summed E-state index contributed by atoms with van der Waals surface area (Å²) in [5.41, 5.74) is -0.673. The van der Waals surface area contributed by atoms with Crippen molar-refractivity contribution < 1.29 is 13.3 Å². The maximum Gasteiger partial charge on any atom is 0.307 e. The molecule has 0 aliphatic heterocycles. The molecular weight excluding hydrogens is 341 g/mol. The maximum atomic E-state index is 12.4. The van der Waals surface area contributed by atoms with E-state index >= 15 is 0 Å². The number of nitro groups is 1. The average Bonchev–Trinajstić information content (AvgIpc) is 2.37. The first-order chi connectivity index (χ1) is 9.77. The van der Waals surface area contributed by atoms with Crippen molar-refractivity contribution in [3.63, 3.8) is 0 Å². The molecule has 0 aliphatic rings. The second kappa shape index (κ2) is 7.04. The summed E-state index contributed by atoms with van der Waals surface area (Å²) >= 11 is 11.5. The van der Waals surface area contributed by atoms with Gasteiger partial charge in [-0.3, -0.25) is 10.1 Å². The van der Waals surface area contributed by atoms with Crippen LogP contribution >= 0.6 is 23.2 Å². The normalized spacial score (nSPS) is 11.4. The highest BCUT2D eigenvalue weighted by atomic mass is 35.5. The van der Waals surface area contributed by atoms with Crippen LogP contribution in [0.3, 0.4) is 0 Å². The average molecular weight is 352 g/mol. The van der Waals surface area contributed by atoms with E-state index in [0.717, 1.165) is 16.4 Å². The molecule has 0 atom stereocenters. The summed E-state index contributed by atoms with van der Waals surface area (Å²) in [5.74, 6) is 0. The van der Waals surface area contributed by atoms with Crippen molar-refractivity contribution >= 4 is 38.9 Å². The first-order valence-electron chi connectivity index (χ1n) is 5.76. The molecule has 0 saturated heterocycles. The quantitative estimate of drug-likeness (QED) is 0.445. The Balaban J connectivity index is 3.48. The predicted molar refractivity (Wildman–Crippen MR) is 77.8 cm³/mol. The van der Waals surface area contributed by atoms with Crippen LogP contribution in [-0.2, 0) is 10.0 Å². The number of nitriles is 1. The fourth-order valence-electron chi connectivity index (χ4n) is 1.64. The summed E-state index contributed by atoms with van der Waals surface area (Å²) in [7, 11) is -4.11. The first-order valence-corrected chi connectivity index (χ1v) is 7.96. The molecule has 0 radical (unpaired) electrons. The molecule has 0 saturated carbocycles. The van der Waals surface area contributed by atoms with Crippen LogP contribution in [0.1, 0.15) is 13.3 Å². The van der Waals surface area contributed by atoms with Crippen LogP contribution in [-0.4, -0.2) is 30.7 Å². The standard InChI is InChI=1S/C11H11Cl2N3O4S/c1-2-6-15(7-5-14)21(19,20)9-4-3-8(12)11(10(9)13)16(17)18/h3-4H,2,6-7H2,1H3. The van der Waals surface area contributed by atoms with E-state index in [4.69, 9.17) is 28.5 Å². The smallest absolute Gasteiger partial charge is 0.258 e. The third-order valence-electron chi connectivity index (χ3n) is 2.55. The zero-order chi connectivity index (χ0) is 16.2. The van der Waals surface area contributed by atoms with Crippen molar-refractivity contribution in [3.8, 4) is 6.07 Å². The number of benzene rings is 1. The summed E-state index contributed by atoms with van der Waals surface area (Å²) in [4.78, 5) is 9.63. The Morgan fingerprint density at radius 1 is 1.43 bits per heavy atom. The van der Waals surface area contributed by atoms with Crippen LogP contribution in [0.5, 0.6) is 0 Å². The summed E-state index contributed by atoms with van der Waals surface area (Å²) in [6.45, 7) is 1.47. The van der Waals surface area contributed by atoms with Crippen LogP contribution in [0, 0.1) is 21.4 Å². The van der Waals surface area contributed by atoms with Gasteiger partial charge in [-0.1, -0.05) is 30.1 Å². The zero-order valence-electron chi connectivity index (χ0n) is 10.9. The molecule has 0 heterocycles. The summed E-state index contributed by atoms with van der Waals surface area (Å²) in [6, 6.07) is 3.92. The van der Waals surface area contributed by atoms with Crippen LogP contribution in [0.4, 0.5) is 5.69 Å². The van der Waals surface area contributed by atoms with Gasteiger partial charge in [0.2, 0.25) is 10.0 Å². The van der Waals surface area contributed by atoms with Crippen molar-refractivity contribution in [2.24, 2.45) is 0 Å². The largest absolute Gasteiger partial charge is 0.307 e. The van der Waals surface area contributed by atoms with Gasteiger partial charge in [0.15, 0.2) is 0 Å². The Morgan fingerprint density at radius 3 is 2.52 bits per heavy atom. The number of hydrogen-bond acceptors (Lipinski definition) is 5. The Morgan fingerprint density at radius 2 is 2.05 bits per heavy atom. The lowest BCUT2D eigenvalue weighted by Gasteiger charge is -2.19. The van der Waals surface area contributed by atoms with Gasteiger partial charge in [-0.25, -0.2) is 8.42 Å². The molecule has 0 fully saturated rings. The zero-order valence-corrected chi connectivity index (χ0v) is 13.2. The van der Waals surface area contributed by atoms with Gasteiger partial charge in [-0.2, -0.15) is 9.57 Å². The molecule has 0 amide bonds. The Hall–Kier alpha value is -1.40. The SMILES string of the molecule is CCCN(CC#N)S(=O)(=O)c1ccc(Cl)c([N+](=O)[O-])c1Cl. The summed E-state index contributed by atoms with van der Waals surface area (Å²) in [6.07, 6.45) is 0.480. The number of halogens is 2. The van der Waals surface area contributed by atoms with E-state index in [9.17, 15) is 18.5 Å². The van der Waals surface area contributed by atoms with Crippen LogP contribution in [0.2, 0.25) is 10.0 Å². The fraction of sp³-hybridized carbons (Fsp3) is 0.364. The lowest BCUT2D eigenvalue weighted by Crippen LogP contribution is -2.32. The van der Waals surface area contributed by atoms with Crippen molar-refractivity contribution in [1.29, 1.82) is 5.26 Å². The molecule has 10 heteroatoms. The summed E-state index contributed by atoms with van der Waals surface area (Å²) < 4.78 is 25.8. The Labute approximate surface area is 131 Å². The molecular formula is C11H11Cl2N3O4S. The second-order valence-electron chi connectivity index (χ2n) is 3.96. The van der Waals surface area contributed by atoms with Crippen LogP contribution < -0.4 is 0 Å². The lowest BCUT2D eigenvalue weighted by atomic mass is 10.3. The fourth-order valence-corrected chi connectivity index (χ4v) is 3.93. The molecule has 1 aromatic rings. The van der Waals surface area contributed by atoms with Gasteiger partial charge >= 0.3 is 5.69 Å². The van der Waals surface area contributed by atoms with E-state index in [1.165, 1.54) is 0 Å². The third-order valence-corrected chi connectivity index (χ3v) is 5.24. The lowest BCUT2D eigenvalue weighted by molar-refractivity contribution is -0.384. The minimum absolute atomic E-state index is 0.0998.